The highest BCUT2D eigenvalue weighted by molar-refractivity contribution is 7.91. The first-order valence-electron chi connectivity index (χ1n) is 4.65. The second kappa shape index (κ2) is 5.58. The molecule has 0 atom stereocenters. The molecule has 1 heterocycles. The molecule has 0 unspecified atom stereocenters. The van der Waals surface area contributed by atoms with Crippen molar-refractivity contribution in [2.75, 3.05) is 20.3 Å². The molecule has 0 aliphatic heterocycles. The lowest BCUT2D eigenvalue weighted by molar-refractivity contribution is 0.196. The zero-order chi connectivity index (χ0) is 12.2. The van der Waals surface area contributed by atoms with Crippen LogP contribution in [0.15, 0.2) is 9.00 Å². The molecule has 0 radical (unpaired) electrons. The van der Waals surface area contributed by atoms with Crippen molar-refractivity contribution < 1.29 is 13.2 Å². The molecule has 6 nitrogen and oxygen atoms in total. The lowest BCUT2D eigenvalue weighted by Crippen LogP contribution is -2.25. The van der Waals surface area contributed by atoms with Gasteiger partial charge in [-0.15, -0.1) is 0 Å². The standard InChI is InChI=1S/C8H14N2O4S2/c1-6-7(15-8(11)10-6)16(12,13)9-4-3-5-14-2/h9H,3-5H2,1-2H3,(H,10,11). The topological polar surface area (TPSA) is 88.3 Å². The van der Waals surface area contributed by atoms with E-state index < -0.39 is 10.0 Å². The minimum absolute atomic E-state index is 0.0508. The summed E-state index contributed by atoms with van der Waals surface area (Å²) in [7, 11) is -2.02. The van der Waals surface area contributed by atoms with Crippen molar-refractivity contribution in [2.45, 2.75) is 17.6 Å². The van der Waals surface area contributed by atoms with E-state index >= 15 is 0 Å². The summed E-state index contributed by atoms with van der Waals surface area (Å²) in [6.07, 6.45) is 0.591. The number of methoxy groups -OCH3 is 1. The molecule has 2 N–H and O–H groups in total. The van der Waals surface area contributed by atoms with Gasteiger partial charge >= 0.3 is 4.87 Å². The Labute approximate surface area is 97.7 Å². The van der Waals surface area contributed by atoms with E-state index in [1.165, 1.54) is 0 Å². The highest BCUT2D eigenvalue weighted by atomic mass is 32.2. The fraction of sp³-hybridized carbons (Fsp3) is 0.625. The van der Waals surface area contributed by atoms with Crippen LogP contribution in [0.1, 0.15) is 12.1 Å². The normalized spacial score (nSPS) is 11.9. The van der Waals surface area contributed by atoms with Crippen molar-refractivity contribution in [3.8, 4) is 0 Å². The van der Waals surface area contributed by atoms with Gasteiger partial charge in [0.2, 0.25) is 0 Å². The zero-order valence-corrected chi connectivity index (χ0v) is 10.7. The van der Waals surface area contributed by atoms with Crippen molar-refractivity contribution in [1.82, 2.24) is 9.71 Å². The molecule has 1 rings (SSSR count). The van der Waals surface area contributed by atoms with Gasteiger partial charge in [0.15, 0.2) is 4.21 Å². The van der Waals surface area contributed by atoms with Crippen LogP contribution in [0.4, 0.5) is 0 Å². The molecule has 0 saturated carbocycles. The minimum atomic E-state index is -3.57. The number of thiazole rings is 1. The molecule has 1 aromatic heterocycles. The number of aromatic nitrogens is 1. The molecule has 0 aromatic carbocycles. The first-order chi connectivity index (χ1) is 7.47. The predicted octanol–water partition coefficient (Wildman–Crippen LogP) is 0.0596. The Kier molecular flexibility index (Phi) is 4.66. The molecular weight excluding hydrogens is 252 g/mol. The largest absolute Gasteiger partial charge is 0.385 e. The zero-order valence-electron chi connectivity index (χ0n) is 9.07. The Morgan fingerprint density at radius 2 is 2.19 bits per heavy atom. The van der Waals surface area contributed by atoms with Gasteiger partial charge in [-0.3, -0.25) is 4.79 Å². The molecule has 0 fully saturated rings. The van der Waals surface area contributed by atoms with Crippen LogP contribution in [-0.4, -0.2) is 33.7 Å². The third-order valence-corrected chi connectivity index (χ3v) is 4.91. The van der Waals surface area contributed by atoms with Crippen LogP contribution in [0.25, 0.3) is 0 Å². The second-order valence-electron chi connectivity index (χ2n) is 3.17. The number of hydrogen-bond acceptors (Lipinski definition) is 5. The average molecular weight is 266 g/mol. The number of ether oxygens (including phenoxy) is 1. The molecule has 8 heteroatoms. The van der Waals surface area contributed by atoms with E-state index in [0.29, 0.717) is 36.6 Å². The van der Waals surface area contributed by atoms with Crippen LogP contribution in [0.5, 0.6) is 0 Å². The Bertz CT molecular complexity index is 488. The van der Waals surface area contributed by atoms with Crippen LogP contribution in [0.3, 0.4) is 0 Å². The van der Waals surface area contributed by atoms with Gasteiger partial charge in [-0.25, -0.2) is 13.1 Å². The van der Waals surface area contributed by atoms with Crippen LogP contribution in [-0.2, 0) is 14.8 Å². The van der Waals surface area contributed by atoms with E-state index in [0.717, 1.165) is 0 Å². The van der Waals surface area contributed by atoms with Gasteiger partial charge in [-0.1, -0.05) is 11.3 Å². The molecule has 0 spiro atoms. The number of aryl methyl sites for hydroxylation is 1. The van der Waals surface area contributed by atoms with Crippen molar-refractivity contribution >= 4 is 21.4 Å². The Morgan fingerprint density at radius 3 is 2.69 bits per heavy atom. The Hall–Kier alpha value is -0.700. The van der Waals surface area contributed by atoms with E-state index in [1.54, 1.807) is 14.0 Å². The van der Waals surface area contributed by atoms with E-state index in [-0.39, 0.29) is 9.08 Å². The lowest BCUT2D eigenvalue weighted by Gasteiger charge is -2.04. The van der Waals surface area contributed by atoms with Gasteiger partial charge in [-0.2, -0.15) is 0 Å². The van der Waals surface area contributed by atoms with Crippen molar-refractivity contribution in [3.05, 3.63) is 15.4 Å². The summed E-state index contributed by atoms with van der Waals surface area (Å²) >= 11 is 0.692. The minimum Gasteiger partial charge on any atom is -0.385 e. The molecule has 1 aromatic rings. The van der Waals surface area contributed by atoms with Gasteiger partial charge < -0.3 is 9.72 Å². The van der Waals surface area contributed by atoms with Gasteiger partial charge in [0.25, 0.3) is 10.0 Å². The molecule has 0 aliphatic carbocycles. The Morgan fingerprint density at radius 1 is 1.50 bits per heavy atom. The second-order valence-corrected chi connectivity index (χ2v) is 6.12. The number of H-pyrrole nitrogens is 1. The van der Waals surface area contributed by atoms with E-state index in [2.05, 4.69) is 9.71 Å². The van der Waals surface area contributed by atoms with Crippen LogP contribution < -0.4 is 9.60 Å². The van der Waals surface area contributed by atoms with Gasteiger partial charge in [0, 0.05) is 26.0 Å². The first-order valence-corrected chi connectivity index (χ1v) is 6.95. The summed E-state index contributed by atoms with van der Waals surface area (Å²) < 4.78 is 30.7. The molecular formula is C8H14N2O4S2. The summed E-state index contributed by atoms with van der Waals surface area (Å²) in [5.74, 6) is 0. The number of nitrogens with one attached hydrogen (secondary N) is 2. The summed E-state index contributed by atoms with van der Waals surface area (Å²) in [5, 5.41) is 0. The van der Waals surface area contributed by atoms with Crippen molar-refractivity contribution in [2.24, 2.45) is 0 Å². The first kappa shape index (κ1) is 13.4. The molecule has 0 amide bonds. The van der Waals surface area contributed by atoms with Gasteiger partial charge in [0.05, 0.1) is 0 Å². The molecule has 0 aliphatic rings. The molecule has 16 heavy (non-hydrogen) atoms. The summed E-state index contributed by atoms with van der Waals surface area (Å²) in [6, 6.07) is 0. The SMILES string of the molecule is COCCCNS(=O)(=O)c1sc(=O)[nH]c1C. The van der Waals surface area contributed by atoms with Crippen LogP contribution in [0.2, 0.25) is 0 Å². The smallest absolute Gasteiger partial charge is 0.305 e. The number of hydrogen-bond donors (Lipinski definition) is 2. The quantitative estimate of drug-likeness (QED) is 0.713. The summed E-state index contributed by atoms with van der Waals surface area (Å²) in [4.78, 5) is 13.1. The van der Waals surface area contributed by atoms with Crippen LogP contribution >= 0.6 is 11.3 Å². The fourth-order valence-corrected chi connectivity index (χ4v) is 3.55. The van der Waals surface area contributed by atoms with E-state index in [9.17, 15) is 13.2 Å². The Balaban J connectivity index is 2.71. The van der Waals surface area contributed by atoms with Gasteiger partial charge in [0.1, 0.15) is 0 Å². The number of rotatable bonds is 6. The lowest BCUT2D eigenvalue weighted by atomic mass is 10.5. The summed E-state index contributed by atoms with van der Waals surface area (Å²) in [6.45, 7) is 2.34. The summed E-state index contributed by atoms with van der Waals surface area (Å²) in [5.41, 5.74) is 0.370. The van der Waals surface area contributed by atoms with Crippen molar-refractivity contribution in [3.63, 3.8) is 0 Å². The third-order valence-electron chi connectivity index (χ3n) is 1.84. The maximum Gasteiger partial charge on any atom is 0.305 e. The predicted molar refractivity (Wildman–Crippen MR) is 61.4 cm³/mol. The maximum atomic E-state index is 11.7. The van der Waals surface area contributed by atoms with E-state index in [4.69, 9.17) is 4.74 Å². The fourth-order valence-electron chi connectivity index (χ4n) is 1.14. The molecule has 0 bridgehead atoms. The number of sulfonamides is 1. The van der Waals surface area contributed by atoms with Crippen LogP contribution in [0, 0.1) is 6.92 Å². The molecule has 92 valence electrons. The van der Waals surface area contributed by atoms with Gasteiger partial charge in [-0.05, 0) is 13.3 Å². The van der Waals surface area contributed by atoms with E-state index in [1.807, 2.05) is 0 Å². The highest BCUT2D eigenvalue weighted by Crippen LogP contribution is 2.14. The number of aromatic amines is 1. The monoisotopic (exact) mass is 266 g/mol. The average Bonchev–Trinajstić information content (AvgIpc) is 2.53. The highest BCUT2D eigenvalue weighted by Gasteiger charge is 2.19. The van der Waals surface area contributed by atoms with Crippen molar-refractivity contribution in [1.29, 1.82) is 0 Å². The third kappa shape index (κ3) is 3.41. The maximum absolute atomic E-state index is 11.7. The molecule has 0 saturated heterocycles.